The molecule has 0 aliphatic heterocycles. The number of nitrogens with zero attached hydrogens (tertiary/aromatic N) is 1. The van der Waals surface area contributed by atoms with Crippen LogP contribution >= 0.6 is 0 Å². The van der Waals surface area contributed by atoms with Gasteiger partial charge in [-0.15, -0.1) is 6.42 Å². The number of primary amides is 1. The van der Waals surface area contributed by atoms with Crippen molar-refractivity contribution in [2.24, 2.45) is 5.73 Å². The Morgan fingerprint density at radius 2 is 1.67 bits per heavy atom. The Kier molecular flexibility index (Phi) is 13.6. The summed E-state index contributed by atoms with van der Waals surface area (Å²) in [4.78, 5) is 54.1. The molecule has 0 heterocycles. The van der Waals surface area contributed by atoms with Crippen molar-refractivity contribution in [2.45, 2.75) is 90.4 Å². The van der Waals surface area contributed by atoms with E-state index >= 15 is 0 Å². The van der Waals surface area contributed by atoms with Crippen LogP contribution in [-0.2, 0) is 25.7 Å². The Hall–Kier alpha value is -4.32. The van der Waals surface area contributed by atoms with Crippen LogP contribution in [0.5, 0.6) is 0 Å². The van der Waals surface area contributed by atoms with Gasteiger partial charge in [0.1, 0.15) is 17.7 Å². The van der Waals surface area contributed by atoms with Crippen molar-refractivity contribution in [1.29, 1.82) is 0 Å². The Balaban J connectivity index is 2.54. The molecule has 2 unspecified atom stereocenters. The Bertz CT molecular complexity index is 1230. The Morgan fingerprint density at radius 3 is 2.29 bits per heavy atom. The second-order valence-electron chi connectivity index (χ2n) is 11.1. The lowest BCUT2D eigenvalue weighted by molar-refractivity contribution is -0.143. The molecule has 4 N–H and O–H groups in total. The average molecular weight is 577 g/mol. The molecule has 2 aromatic carbocycles. The third-order valence-corrected chi connectivity index (χ3v) is 6.48. The van der Waals surface area contributed by atoms with Crippen molar-refractivity contribution < 1.29 is 23.9 Å². The van der Waals surface area contributed by atoms with Gasteiger partial charge in [0.05, 0.1) is 0 Å². The quantitative estimate of drug-likeness (QED) is 0.211. The molecule has 4 amide bonds. The van der Waals surface area contributed by atoms with E-state index in [1.807, 2.05) is 30.3 Å². The van der Waals surface area contributed by atoms with Crippen LogP contribution in [0.25, 0.3) is 0 Å². The van der Waals surface area contributed by atoms with E-state index in [-0.39, 0.29) is 25.9 Å². The van der Waals surface area contributed by atoms with E-state index in [2.05, 4.69) is 23.5 Å². The van der Waals surface area contributed by atoms with Gasteiger partial charge >= 0.3 is 6.09 Å². The minimum atomic E-state index is -1.17. The number of unbranched alkanes of at least 4 members (excludes halogenated alkanes) is 3. The number of hydrogen-bond acceptors (Lipinski definition) is 5. The number of alkyl carbamates (subject to hydrolysis) is 1. The fourth-order valence-electron chi connectivity index (χ4n) is 4.47. The summed E-state index contributed by atoms with van der Waals surface area (Å²) < 4.78 is 5.39. The maximum Gasteiger partial charge on any atom is 0.408 e. The smallest absolute Gasteiger partial charge is 0.408 e. The second kappa shape index (κ2) is 16.8. The van der Waals surface area contributed by atoms with Crippen LogP contribution in [0.4, 0.5) is 4.79 Å². The van der Waals surface area contributed by atoms with Gasteiger partial charge in [-0.05, 0) is 50.8 Å². The summed E-state index contributed by atoms with van der Waals surface area (Å²) in [5, 5.41) is 5.57. The van der Waals surface area contributed by atoms with E-state index in [1.165, 1.54) is 4.90 Å². The van der Waals surface area contributed by atoms with Gasteiger partial charge < -0.3 is 26.0 Å². The Labute approximate surface area is 249 Å². The van der Waals surface area contributed by atoms with E-state index < -0.39 is 41.5 Å². The van der Waals surface area contributed by atoms with Crippen LogP contribution in [0.15, 0.2) is 54.6 Å². The number of hydrogen-bond donors (Lipinski definition) is 3. The van der Waals surface area contributed by atoms with Crippen LogP contribution in [0.1, 0.15) is 89.0 Å². The first kappa shape index (κ1) is 33.9. The molecule has 0 spiro atoms. The van der Waals surface area contributed by atoms with Gasteiger partial charge in [-0.3, -0.25) is 14.4 Å². The third-order valence-electron chi connectivity index (χ3n) is 6.48. The molecule has 0 aliphatic rings. The molecule has 0 aromatic heterocycles. The van der Waals surface area contributed by atoms with Gasteiger partial charge in [0.2, 0.25) is 17.7 Å². The molecule has 2 atom stereocenters. The van der Waals surface area contributed by atoms with Crippen molar-refractivity contribution in [3.8, 4) is 12.3 Å². The minimum Gasteiger partial charge on any atom is -0.444 e. The highest BCUT2D eigenvalue weighted by atomic mass is 16.6. The Morgan fingerprint density at radius 1 is 1.00 bits per heavy atom. The summed E-state index contributed by atoms with van der Waals surface area (Å²) in [6.45, 7) is 7.67. The zero-order valence-electron chi connectivity index (χ0n) is 25.2. The first-order chi connectivity index (χ1) is 20.0. The average Bonchev–Trinajstić information content (AvgIpc) is 2.95. The van der Waals surface area contributed by atoms with Crippen molar-refractivity contribution in [3.63, 3.8) is 0 Å². The van der Waals surface area contributed by atoms with Crippen molar-refractivity contribution >= 4 is 23.8 Å². The summed E-state index contributed by atoms with van der Waals surface area (Å²) in [7, 11) is 0. The topological polar surface area (TPSA) is 131 Å². The van der Waals surface area contributed by atoms with Crippen LogP contribution in [0.3, 0.4) is 0 Å². The number of carbonyl (C=O) groups is 4. The number of nitrogens with one attached hydrogen (secondary N) is 2. The molecule has 0 bridgehead atoms. The van der Waals surface area contributed by atoms with Crippen LogP contribution in [0.2, 0.25) is 0 Å². The summed E-state index contributed by atoms with van der Waals surface area (Å²) in [5.74, 6) is 1.05. The zero-order chi connectivity index (χ0) is 31.1. The molecule has 0 fully saturated rings. The molecular formula is C33H44N4O5. The molecular weight excluding hydrogens is 532 g/mol. The molecule has 0 radical (unpaired) electrons. The predicted molar refractivity (Wildman–Crippen MR) is 163 cm³/mol. The van der Waals surface area contributed by atoms with Crippen molar-refractivity contribution in [2.75, 3.05) is 6.54 Å². The van der Waals surface area contributed by atoms with Crippen molar-refractivity contribution in [1.82, 2.24) is 15.5 Å². The van der Waals surface area contributed by atoms with Crippen molar-refractivity contribution in [3.05, 3.63) is 71.3 Å². The molecule has 226 valence electrons. The van der Waals surface area contributed by atoms with E-state index in [0.717, 1.165) is 24.8 Å². The molecule has 2 rings (SSSR count). The van der Waals surface area contributed by atoms with E-state index in [1.54, 1.807) is 45.0 Å². The molecule has 0 saturated carbocycles. The maximum atomic E-state index is 14.3. The predicted octanol–water partition coefficient (Wildman–Crippen LogP) is 4.59. The number of carbonyl (C=O) groups excluding carboxylic acids is 4. The molecule has 0 aliphatic carbocycles. The summed E-state index contributed by atoms with van der Waals surface area (Å²) in [6.07, 6.45) is 8.19. The van der Waals surface area contributed by atoms with Gasteiger partial charge in [0, 0.05) is 25.1 Å². The highest BCUT2D eigenvalue weighted by Gasteiger charge is 2.37. The third kappa shape index (κ3) is 11.3. The number of rotatable bonds is 15. The van der Waals surface area contributed by atoms with Gasteiger partial charge in [-0.25, -0.2) is 4.79 Å². The first-order valence-electron chi connectivity index (χ1n) is 14.4. The van der Waals surface area contributed by atoms with Gasteiger partial charge in [-0.1, -0.05) is 80.6 Å². The van der Waals surface area contributed by atoms with Crippen LogP contribution in [0, 0.1) is 12.3 Å². The SMILES string of the molecule is C#Cc1ccccc1C(C(=O)NCc1ccccc1)N(CCCCCC)C(=O)C(CCC(N)=O)NC(=O)OC(C)(C)C. The number of nitrogens with two attached hydrogens (primary N) is 1. The van der Waals surface area contributed by atoms with Gasteiger partial charge in [0.25, 0.3) is 0 Å². The monoisotopic (exact) mass is 576 g/mol. The highest BCUT2D eigenvalue weighted by Crippen LogP contribution is 2.27. The van der Waals surface area contributed by atoms with E-state index in [9.17, 15) is 19.2 Å². The highest BCUT2D eigenvalue weighted by molar-refractivity contribution is 5.92. The lowest BCUT2D eigenvalue weighted by atomic mass is 9.96. The maximum absolute atomic E-state index is 14.3. The molecule has 42 heavy (non-hydrogen) atoms. The summed E-state index contributed by atoms with van der Waals surface area (Å²) >= 11 is 0. The lowest BCUT2D eigenvalue weighted by Crippen LogP contribution is -2.53. The summed E-state index contributed by atoms with van der Waals surface area (Å²) in [5.41, 5.74) is 6.43. The standard InChI is InChI=1S/C33H44N4O5/c1-6-8-9-15-22-37(31(40)27(20-21-28(34)38)36-32(41)42-33(3,4)5)29(26-19-14-13-18-25(26)7-2)30(39)35-23-24-16-11-10-12-17-24/h2,10-14,16-19,27,29H,6,8-9,15,20-23H2,1,3-5H3,(H2,34,38)(H,35,39)(H,36,41). The second-order valence-corrected chi connectivity index (χ2v) is 11.1. The zero-order valence-corrected chi connectivity index (χ0v) is 25.2. The molecule has 2 aromatic rings. The molecule has 0 saturated heterocycles. The number of benzene rings is 2. The fraction of sp³-hybridized carbons (Fsp3) is 0.455. The lowest BCUT2D eigenvalue weighted by Gasteiger charge is -2.35. The van der Waals surface area contributed by atoms with E-state index in [0.29, 0.717) is 17.5 Å². The molecule has 9 nitrogen and oxygen atoms in total. The summed E-state index contributed by atoms with van der Waals surface area (Å²) in [6, 6.07) is 14.1. The van der Waals surface area contributed by atoms with Gasteiger partial charge in [0.15, 0.2) is 0 Å². The first-order valence-corrected chi connectivity index (χ1v) is 14.4. The van der Waals surface area contributed by atoms with E-state index in [4.69, 9.17) is 16.9 Å². The van der Waals surface area contributed by atoms with Crippen LogP contribution < -0.4 is 16.4 Å². The fourth-order valence-corrected chi connectivity index (χ4v) is 4.47. The minimum absolute atomic E-state index is 0.0615. The number of terminal acetylenes is 1. The normalized spacial score (nSPS) is 12.4. The van der Waals surface area contributed by atoms with Gasteiger partial charge in [-0.2, -0.15) is 0 Å². The number of amides is 4. The van der Waals surface area contributed by atoms with Crippen LogP contribution in [-0.4, -0.2) is 46.9 Å². The largest absolute Gasteiger partial charge is 0.444 e. The molecule has 9 heteroatoms. The number of ether oxygens (including phenoxy) is 1.